The molecule has 1 amide bonds. The van der Waals surface area contributed by atoms with Crippen molar-refractivity contribution in [1.82, 2.24) is 9.55 Å². The summed E-state index contributed by atoms with van der Waals surface area (Å²) in [7, 11) is 1.58. The minimum atomic E-state index is -0.561. The summed E-state index contributed by atoms with van der Waals surface area (Å²) in [6, 6.07) is 13.2. The Morgan fingerprint density at radius 2 is 2.12 bits per heavy atom. The topological polar surface area (TPSA) is 73.2 Å². The fourth-order valence-corrected chi connectivity index (χ4v) is 4.79. The van der Waals surface area contributed by atoms with Crippen LogP contribution in [0.25, 0.3) is 10.2 Å². The van der Waals surface area contributed by atoms with Crippen molar-refractivity contribution in [3.05, 3.63) is 80.7 Å². The highest BCUT2D eigenvalue weighted by Gasteiger charge is 2.15. The van der Waals surface area contributed by atoms with Gasteiger partial charge in [-0.2, -0.15) is 0 Å². The second-order valence-electron chi connectivity index (χ2n) is 6.74. The molecule has 0 saturated heterocycles. The quantitative estimate of drug-likeness (QED) is 0.291. The van der Waals surface area contributed by atoms with Gasteiger partial charge < -0.3 is 10.1 Å². The SMILES string of the molecule is COc1cccc(Cn2c(SCC(=O)Nc3ccc(F)c(Cl)c3)nc3ccsc3c2=O)c1. The molecule has 0 aliphatic carbocycles. The van der Waals surface area contributed by atoms with Crippen molar-refractivity contribution in [2.75, 3.05) is 18.2 Å². The smallest absolute Gasteiger partial charge is 0.272 e. The summed E-state index contributed by atoms with van der Waals surface area (Å²) in [5, 5.41) is 4.83. The summed E-state index contributed by atoms with van der Waals surface area (Å²) >= 11 is 8.25. The van der Waals surface area contributed by atoms with Crippen LogP contribution in [-0.4, -0.2) is 28.3 Å². The molecule has 32 heavy (non-hydrogen) atoms. The molecule has 0 saturated carbocycles. The molecule has 0 fully saturated rings. The van der Waals surface area contributed by atoms with Crippen molar-refractivity contribution in [2.45, 2.75) is 11.7 Å². The van der Waals surface area contributed by atoms with Gasteiger partial charge in [0.2, 0.25) is 5.91 Å². The van der Waals surface area contributed by atoms with Gasteiger partial charge in [-0.05, 0) is 47.3 Å². The minimum absolute atomic E-state index is 0.00912. The Hall–Kier alpha value is -2.88. The maximum Gasteiger partial charge on any atom is 0.272 e. The van der Waals surface area contributed by atoms with Gasteiger partial charge in [0.05, 0.1) is 29.9 Å². The zero-order valence-corrected chi connectivity index (χ0v) is 19.2. The van der Waals surface area contributed by atoms with E-state index in [4.69, 9.17) is 16.3 Å². The Morgan fingerprint density at radius 3 is 2.91 bits per heavy atom. The molecule has 6 nitrogen and oxygen atoms in total. The van der Waals surface area contributed by atoms with Gasteiger partial charge in [0, 0.05) is 5.69 Å². The van der Waals surface area contributed by atoms with E-state index in [1.165, 1.54) is 29.5 Å². The van der Waals surface area contributed by atoms with Gasteiger partial charge in [-0.25, -0.2) is 9.37 Å². The van der Waals surface area contributed by atoms with E-state index in [1.54, 1.807) is 17.7 Å². The van der Waals surface area contributed by atoms with E-state index >= 15 is 0 Å². The van der Waals surface area contributed by atoms with E-state index in [0.29, 0.717) is 26.8 Å². The monoisotopic (exact) mass is 489 g/mol. The van der Waals surface area contributed by atoms with Crippen LogP contribution in [0.2, 0.25) is 5.02 Å². The lowest BCUT2D eigenvalue weighted by Crippen LogP contribution is -2.24. The van der Waals surface area contributed by atoms with Gasteiger partial charge in [0.1, 0.15) is 16.3 Å². The van der Waals surface area contributed by atoms with Gasteiger partial charge >= 0.3 is 0 Å². The van der Waals surface area contributed by atoms with Crippen LogP contribution in [0.3, 0.4) is 0 Å². The number of hydrogen-bond donors (Lipinski definition) is 1. The van der Waals surface area contributed by atoms with E-state index in [1.807, 2.05) is 29.6 Å². The number of nitrogens with zero attached hydrogens (tertiary/aromatic N) is 2. The molecule has 10 heteroatoms. The third-order valence-electron chi connectivity index (χ3n) is 4.54. The molecule has 2 aromatic carbocycles. The Labute approximate surface area is 196 Å². The third-order valence-corrected chi connectivity index (χ3v) is 6.70. The lowest BCUT2D eigenvalue weighted by Gasteiger charge is -2.13. The predicted octanol–water partition coefficient (Wildman–Crippen LogP) is 5.04. The number of carbonyl (C=O) groups excluding carboxylic acids is 1. The van der Waals surface area contributed by atoms with Crippen LogP contribution >= 0.6 is 34.7 Å². The number of benzene rings is 2. The highest BCUT2D eigenvalue weighted by molar-refractivity contribution is 7.99. The summed E-state index contributed by atoms with van der Waals surface area (Å²) < 4.78 is 20.7. The molecule has 0 aliphatic rings. The predicted molar refractivity (Wildman–Crippen MR) is 127 cm³/mol. The number of anilines is 1. The molecule has 0 bridgehead atoms. The Kier molecular flexibility index (Phi) is 6.78. The Morgan fingerprint density at radius 1 is 1.28 bits per heavy atom. The van der Waals surface area contributed by atoms with Crippen LogP contribution in [0.1, 0.15) is 5.56 Å². The molecular weight excluding hydrogens is 473 g/mol. The van der Waals surface area contributed by atoms with Gasteiger partial charge in [0.15, 0.2) is 5.16 Å². The number of thiophene rings is 1. The number of fused-ring (bicyclic) bond motifs is 1. The maximum atomic E-state index is 13.3. The lowest BCUT2D eigenvalue weighted by atomic mass is 10.2. The van der Waals surface area contributed by atoms with Crippen LogP contribution in [0, 0.1) is 5.82 Å². The number of rotatable bonds is 7. The van der Waals surface area contributed by atoms with E-state index in [-0.39, 0.29) is 28.8 Å². The molecule has 0 unspecified atom stereocenters. The first kappa shape index (κ1) is 22.3. The first-order valence-corrected chi connectivity index (χ1v) is 11.7. The highest BCUT2D eigenvalue weighted by atomic mass is 35.5. The molecule has 4 aromatic rings. The van der Waals surface area contributed by atoms with Crippen molar-refractivity contribution in [3.63, 3.8) is 0 Å². The highest BCUT2D eigenvalue weighted by Crippen LogP contribution is 2.24. The molecule has 2 aromatic heterocycles. The largest absolute Gasteiger partial charge is 0.497 e. The van der Waals surface area contributed by atoms with Crippen LogP contribution < -0.4 is 15.6 Å². The zero-order valence-electron chi connectivity index (χ0n) is 16.8. The number of nitrogens with one attached hydrogen (secondary N) is 1. The van der Waals surface area contributed by atoms with Crippen molar-refractivity contribution in [3.8, 4) is 5.75 Å². The number of hydrogen-bond acceptors (Lipinski definition) is 6. The van der Waals surface area contributed by atoms with Crippen LogP contribution in [0.5, 0.6) is 5.75 Å². The van der Waals surface area contributed by atoms with E-state index in [2.05, 4.69) is 10.3 Å². The number of amides is 1. The lowest BCUT2D eigenvalue weighted by molar-refractivity contribution is -0.113. The molecule has 0 spiro atoms. The number of ether oxygens (including phenoxy) is 1. The molecule has 0 aliphatic heterocycles. The van der Waals surface area contributed by atoms with Gasteiger partial charge in [0.25, 0.3) is 5.56 Å². The molecule has 1 N–H and O–H groups in total. The summed E-state index contributed by atoms with van der Waals surface area (Å²) in [5.74, 6) is -0.193. The van der Waals surface area contributed by atoms with E-state index < -0.39 is 5.82 Å². The normalized spacial score (nSPS) is 11.0. The summed E-state index contributed by atoms with van der Waals surface area (Å²) in [4.78, 5) is 30.1. The van der Waals surface area contributed by atoms with Crippen molar-refractivity contribution in [1.29, 1.82) is 0 Å². The van der Waals surface area contributed by atoms with Crippen molar-refractivity contribution < 1.29 is 13.9 Å². The Bertz CT molecular complexity index is 1360. The fourth-order valence-electron chi connectivity index (χ4n) is 3.03. The summed E-state index contributed by atoms with van der Waals surface area (Å²) in [5.41, 5.74) is 1.68. The third kappa shape index (κ3) is 4.95. The fraction of sp³-hybridized carbons (Fsp3) is 0.136. The standard InChI is InChI=1S/C22H17ClFN3O3S2/c1-30-15-4-2-3-13(9-15)11-27-21(29)20-18(7-8-31-20)26-22(27)32-12-19(28)25-14-5-6-17(24)16(23)10-14/h2-10H,11-12H2,1H3,(H,25,28). The number of aromatic nitrogens is 2. The van der Waals surface area contributed by atoms with Crippen LogP contribution in [0.15, 0.2) is 63.9 Å². The second kappa shape index (κ2) is 9.72. The van der Waals surface area contributed by atoms with Crippen LogP contribution in [-0.2, 0) is 11.3 Å². The van der Waals surface area contributed by atoms with Crippen molar-refractivity contribution in [2.24, 2.45) is 0 Å². The van der Waals surface area contributed by atoms with Crippen molar-refractivity contribution >= 4 is 56.5 Å². The Balaban J connectivity index is 1.58. The zero-order chi connectivity index (χ0) is 22.7. The molecule has 164 valence electrons. The number of thioether (sulfide) groups is 1. The summed E-state index contributed by atoms with van der Waals surface area (Å²) in [6.45, 7) is 0.286. The number of carbonyl (C=O) groups is 1. The molecule has 0 radical (unpaired) electrons. The average molecular weight is 490 g/mol. The second-order valence-corrected chi connectivity index (χ2v) is 9.00. The maximum absolute atomic E-state index is 13.3. The van der Waals surface area contributed by atoms with Crippen LogP contribution in [0.4, 0.5) is 10.1 Å². The van der Waals surface area contributed by atoms with Gasteiger partial charge in [-0.15, -0.1) is 11.3 Å². The number of halogens is 2. The first-order valence-electron chi connectivity index (χ1n) is 9.43. The molecule has 0 atom stereocenters. The molecule has 2 heterocycles. The van der Waals surface area contributed by atoms with Gasteiger partial charge in [-0.3, -0.25) is 14.2 Å². The molecule has 4 rings (SSSR count). The van der Waals surface area contributed by atoms with Gasteiger partial charge in [-0.1, -0.05) is 35.5 Å². The average Bonchev–Trinajstić information content (AvgIpc) is 3.26. The minimum Gasteiger partial charge on any atom is -0.497 e. The van der Waals surface area contributed by atoms with E-state index in [0.717, 1.165) is 17.3 Å². The summed E-state index contributed by atoms with van der Waals surface area (Å²) in [6.07, 6.45) is 0. The van der Waals surface area contributed by atoms with E-state index in [9.17, 15) is 14.0 Å². The first-order chi connectivity index (χ1) is 15.4. The molecular formula is C22H17ClFN3O3S2. The number of methoxy groups -OCH3 is 1.